The minimum atomic E-state index is -1.41. The van der Waals surface area contributed by atoms with E-state index in [4.69, 9.17) is 28.4 Å². The average molecular weight is 518 g/mol. The monoisotopic (exact) mass is 517 g/mol. The fourth-order valence-corrected chi connectivity index (χ4v) is 5.48. The van der Waals surface area contributed by atoms with Gasteiger partial charge in [-0.25, -0.2) is 4.79 Å². The predicted molar refractivity (Wildman–Crippen MR) is 129 cm³/mol. The molecule has 202 valence electrons. The highest BCUT2D eigenvalue weighted by molar-refractivity contribution is 5.89. The SMILES string of the molecule is COC[C@H]1O[C@H]2CC(=O)C[C@H]3O[C@@](C)([C@H](O)CC#N)[C@H](OC(=O)c4ccccc4)C[C@@H]3O[C@@H]2C[C@@H]1OC. The van der Waals surface area contributed by atoms with Crippen molar-refractivity contribution in [1.82, 2.24) is 0 Å². The lowest BCUT2D eigenvalue weighted by atomic mass is 9.80. The minimum Gasteiger partial charge on any atom is -0.455 e. The molecule has 0 bridgehead atoms. The number of rotatable bonds is 7. The second-order valence-corrected chi connectivity index (χ2v) is 10.1. The van der Waals surface area contributed by atoms with Crippen molar-refractivity contribution in [3.8, 4) is 6.07 Å². The molecule has 0 aliphatic carbocycles. The number of esters is 1. The Hall–Kier alpha value is -2.39. The standard InChI is InChI=1S/C27H35NO9/c1-27(24(30)9-10-28)25(36-26(31)16-7-5-4-6-8-16)14-21-22(37-27)12-17(29)11-19-20(34-21)13-18(33-3)23(35-19)15-32-2/h4-8,18-25,30H,9,11-15H2,1-3H3/t18-,19-,20+,21-,22+,23+,24+,25+,27-/m0/s1. The first-order valence-electron chi connectivity index (χ1n) is 12.6. The number of carbonyl (C=O) groups excluding carboxylic acids is 2. The molecule has 10 nitrogen and oxygen atoms in total. The zero-order valence-corrected chi connectivity index (χ0v) is 21.4. The summed E-state index contributed by atoms with van der Waals surface area (Å²) in [6.45, 7) is 1.94. The highest BCUT2D eigenvalue weighted by Gasteiger charge is 2.55. The van der Waals surface area contributed by atoms with Gasteiger partial charge in [0.1, 0.15) is 23.6 Å². The summed E-state index contributed by atoms with van der Waals surface area (Å²) in [5.41, 5.74) is -1.06. The van der Waals surface area contributed by atoms with E-state index in [1.165, 1.54) is 0 Å². The van der Waals surface area contributed by atoms with Crippen LogP contribution in [-0.4, -0.2) is 92.1 Å². The van der Waals surface area contributed by atoms with Crippen LogP contribution in [0.25, 0.3) is 0 Å². The molecule has 4 rings (SSSR count). The Bertz CT molecular complexity index is 982. The third-order valence-electron chi connectivity index (χ3n) is 7.60. The maximum Gasteiger partial charge on any atom is 0.338 e. The van der Waals surface area contributed by atoms with Crippen molar-refractivity contribution >= 4 is 11.8 Å². The molecular weight excluding hydrogens is 482 g/mol. The van der Waals surface area contributed by atoms with Gasteiger partial charge >= 0.3 is 5.97 Å². The Kier molecular flexibility index (Phi) is 8.95. The maximum atomic E-state index is 13.0. The van der Waals surface area contributed by atoms with E-state index in [9.17, 15) is 20.0 Å². The van der Waals surface area contributed by atoms with E-state index in [0.29, 0.717) is 18.6 Å². The summed E-state index contributed by atoms with van der Waals surface area (Å²) in [6.07, 6.45) is -4.34. The summed E-state index contributed by atoms with van der Waals surface area (Å²) in [5.74, 6) is -0.636. The number of benzene rings is 1. The lowest BCUT2D eigenvalue weighted by Gasteiger charge is -2.51. The molecule has 0 aromatic heterocycles. The van der Waals surface area contributed by atoms with E-state index in [-0.39, 0.29) is 43.7 Å². The summed E-state index contributed by atoms with van der Waals surface area (Å²) < 4.78 is 35.8. The number of nitriles is 1. The topological polar surface area (TPSA) is 134 Å². The van der Waals surface area contributed by atoms with Crippen LogP contribution in [0.5, 0.6) is 0 Å². The average Bonchev–Trinajstić information content (AvgIpc) is 2.87. The Labute approximate surface area is 216 Å². The van der Waals surface area contributed by atoms with Gasteiger partial charge in [-0.2, -0.15) is 5.26 Å². The third kappa shape index (κ3) is 6.03. The van der Waals surface area contributed by atoms with Crippen LogP contribution < -0.4 is 0 Å². The molecular formula is C27H35NO9. The lowest BCUT2D eigenvalue weighted by Crippen LogP contribution is -2.64. The normalized spacial score (nSPS) is 36.7. The van der Waals surface area contributed by atoms with E-state index in [1.54, 1.807) is 51.5 Å². The zero-order valence-electron chi connectivity index (χ0n) is 21.4. The number of nitrogens with zero attached hydrogens (tertiary/aromatic N) is 1. The maximum absolute atomic E-state index is 13.0. The van der Waals surface area contributed by atoms with Crippen LogP contribution in [0.4, 0.5) is 0 Å². The number of fused-ring (bicyclic) bond motifs is 2. The van der Waals surface area contributed by atoms with Gasteiger partial charge in [0.2, 0.25) is 0 Å². The van der Waals surface area contributed by atoms with E-state index in [0.717, 1.165) is 0 Å². The molecule has 10 heteroatoms. The first-order valence-corrected chi connectivity index (χ1v) is 12.6. The van der Waals surface area contributed by atoms with Gasteiger partial charge in [-0.05, 0) is 19.1 Å². The molecule has 3 fully saturated rings. The molecule has 3 aliphatic heterocycles. The summed E-state index contributed by atoms with van der Waals surface area (Å²) in [5, 5.41) is 20.1. The number of carbonyl (C=O) groups is 2. The van der Waals surface area contributed by atoms with E-state index >= 15 is 0 Å². The molecule has 37 heavy (non-hydrogen) atoms. The summed E-state index contributed by atoms with van der Waals surface area (Å²) >= 11 is 0. The lowest BCUT2D eigenvalue weighted by molar-refractivity contribution is -0.284. The van der Waals surface area contributed by atoms with E-state index in [2.05, 4.69) is 0 Å². The summed E-state index contributed by atoms with van der Waals surface area (Å²) in [4.78, 5) is 26.0. The second kappa shape index (κ2) is 12.0. The van der Waals surface area contributed by atoms with Crippen molar-refractivity contribution in [1.29, 1.82) is 5.26 Å². The number of hydrogen-bond donors (Lipinski definition) is 1. The number of methoxy groups -OCH3 is 2. The van der Waals surface area contributed by atoms with Crippen LogP contribution in [0.15, 0.2) is 30.3 Å². The van der Waals surface area contributed by atoms with Crippen molar-refractivity contribution in [2.24, 2.45) is 0 Å². The molecule has 0 saturated carbocycles. The van der Waals surface area contributed by atoms with Gasteiger partial charge in [0.25, 0.3) is 0 Å². The minimum absolute atomic E-state index is 0.0497. The number of ether oxygens (including phenoxy) is 6. The molecule has 1 aromatic rings. The van der Waals surface area contributed by atoms with Crippen LogP contribution in [0.2, 0.25) is 0 Å². The van der Waals surface area contributed by atoms with Crippen LogP contribution in [0.3, 0.4) is 0 Å². The Morgan fingerprint density at radius 1 is 1.14 bits per heavy atom. The summed E-state index contributed by atoms with van der Waals surface area (Å²) in [7, 11) is 3.18. The molecule has 1 aromatic carbocycles. The molecule has 0 amide bonds. The molecule has 0 unspecified atom stereocenters. The quantitative estimate of drug-likeness (QED) is 0.535. The Morgan fingerprint density at radius 2 is 1.84 bits per heavy atom. The Morgan fingerprint density at radius 3 is 2.51 bits per heavy atom. The number of ketones is 1. The highest BCUT2D eigenvalue weighted by atomic mass is 16.6. The number of hydrogen-bond acceptors (Lipinski definition) is 10. The molecule has 0 spiro atoms. The fraction of sp³-hybridized carbons (Fsp3) is 0.667. The van der Waals surface area contributed by atoms with E-state index < -0.39 is 48.2 Å². The molecule has 3 saturated heterocycles. The van der Waals surface area contributed by atoms with Crippen molar-refractivity contribution in [2.75, 3.05) is 20.8 Å². The van der Waals surface area contributed by atoms with Gasteiger partial charge < -0.3 is 33.5 Å². The van der Waals surface area contributed by atoms with Gasteiger partial charge in [-0.15, -0.1) is 0 Å². The van der Waals surface area contributed by atoms with Gasteiger partial charge in [0, 0.05) is 39.9 Å². The van der Waals surface area contributed by atoms with Gasteiger partial charge in [-0.3, -0.25) is 4.79 Å². The molecule has 3 heterocycles. The van der Waals surface area contributed by atoms with Gasteiger partial charge in [-0.1, -0.05) is 18.2 Å². The Balaban J connectivity index is 1.59. The predicted octanol–water partition coefficient (Wildman–Crippen LogP) is 1.97. The largest absolute Gasteiger partial charge is 0.455 e. The van der Waals surface area contributed by atoms with Gasteiger partial charge in [0.05, 0.1) is 61.3 Å². The van der Waals surface area contributed by atoms with Crippen LogP contribution in [-0.2, 0) is 33.2 Å². The number of Topliss-reactive ketones (excluding diaryl/α,β-unsaturated/α-hetero) is 1. The van der Waals surface area contributed by atoms with Crippen molar-refractivity contribution in [3.05, 3.63) is 35.9 Å². The molecule has 9 atom stereocenters. The molecule has 3 aliphatic rings. The first-order chi connectivity index (χ1) is 17.8. The number of aliphatic hydroxyl groups excluding tert-OH is 1. The van der Waals surface area contributed by atoms with Crippen LogP contribution in [0, 0.1) is 11.3 Å². The van der Waals surface area contributed by atoms with E-state index in [1.807, 2.05) is 6.07 Å². The summed E-state index contributed by atoms with van der Waals surface area (Å²) in [6, 6.07) is 10.5. The molecule has 1 N–H and O–H groups in total. The van der Waals surface area contributed by atoms with Crippen molar-refractivity contribution in [2.45, 2.75) is 93.5 Å². The van der Waals surface area contributed by atoms with Crippen LogP contribution >= 0.6 is 0 Å². The van der Waals surface area contributed by atoms with Crippen LogP contribution in [0.1, 0.15) is 49.4 Å². The second-order valence-electron chi connectivity index (χ2n) is 10.1. The smallest absolute Gasteiger partial charge is 0.338 e. The third-order valence-corrected chi connectivity index (χ3v) is 7.60. The first kappa shape index (κ1) is 27.6. The van der Waals surface area contributed by atoms with Crippen molar-refractivity contribution < 1.29 is 43.1 Å². The zero-order chi connectivity index (χ0) is 26.6. The van der Waals surface area contributed by atoms with Gasteiger partial charge in [0.15, 0.2) is 0 Å². The van der Waals surface area contributed by atoms with Crippen molar-refractivity contribution in [3.63, 3.8) is 0 Å². The number of aliphatic hydroxyl groups is 1. The molecule has 0 radical (unpaired) electrons. The fourth-order valence-electron chi connectivity index (χ4n) is 5.48. The highest BCUT2D eigenvalue weighted by Crippen LogP contribution is 2.41.